The highest BCUT2D eigenvalue weighted by atomic mass is 32.1. The van der Waals surface area contributed by atoms with E-state index in [9.17, 15) is 4.79 Å². The molecule has 2 aromatic carbocycles. The van der Waals surface area contributed by atoms with E-state index in [4.69, 9.17) is 14.6 Å². The summed E-state index contributed by atoms with van der Waals surface area (Å²) in [5.41, 5.74) is 4.99. The third-order valence-corrected chi connectivity index (χ3v) is 6.57. The molecule has 4 rings (SSSR count). The molecule has 8 heteroatoms. The van der Waals surface area contributed by atoms with Gasteiger partial charge in [0.1, 0.15) is 18.1 Å². The number of ether oxygens (including phenoxy) is 2. The van der Waals surface area contributed by atoms with Gasteiger partial charge < -0.3 is 25.2 Å². The van der Waals surface area contributed by atoms with Crippen molar-refractivity contribution < 1.29 is 19.4 Å². The Bertz CT molecular complexity index is 1370. The van der Waals surface area contributed by atoms with Crippen molar-refractivity contribution in [1.29, 1.82) is 0 Å². The number of benzene rings is 2. The third kappa shape index (κ3) is 5.62. The molecular formula is C27H27N3O4S. The maximum absolute atomic E-state index is 12.4. The van der Waals surface area contributed by atoms with Gasteiger partial charge in [-0.25, -0.2) is 0 Å². The number of hydrogen-bond acceptors (Lipinski definition) is 7. The molecule has 0 aliphatic rings. The summed E-state index contributed by atoms with van der Waals surface area (Å²) in [7, 11) is 1.64. The van der Waals surface area contributed by atoms with Crippen molar-refractivity contribution in [3.63, 3.8) is 0 Å². The molecule has 35 heavy (non-hydrogen) atoms. The number of fused-ring (bicyclic) bond motifs is 1. The van der Waals surface area contributed by atoms with Gasteiger partial charge in [-0.1, -0.05) is 24.8 Å². The van der Waals surface area contributed by atoms with Crippen LogP contribution in [0.15, 0.2) is 66.8 Å². The lowest BCUT2D eigenvalue weighted by atomic mass is 10.1. The van der Waals surface area contributed by atoms with Crippen LogP contribution in [0.2, 0.25) is 0 Å². The smallest absolute Gasteiger partial charge is 0.254 e. The standard InChI is InChI=1S/C27H27N3O4S/c1-17-7-8-21(30-18(2)19-5-4-6-22(11-19)33-3)12-25(17)34-15-20-16-35-26-23(20)13-28-14-24(26)27(32)29-9-10-31/h4-8,11-14,16,30-31H,2,9-10,15H2,1,3H3,(H,29,32). The molecule has 4 aromatic rings. The van der Waals surface area contributed by atoms with Crippen molar-refractivity contribution in [2.45, 2.75) is 13.5 Å². The van der Waals surface area contributed by atoms with E-state index in [-0.39, 0.29) is 19.1 Å². The van der Waals surface area contributed by atoms with E-state index in [0.29, 0.717) is 12.2 Å². The van der Waals surface area contributed by atoms with Gasteiger partial charge in [-0.2, -0.15) is 0 Å². The molecule has 2 aromatic heterocycles. The van der Waals surface area contributed by atoms with Crippen LogP contribution in [0.1, 0.15) is 27.0 Å². The molecule has 0 saturated heterocycles. The van der Waals surface area contributed by atoms with Gasteiger partial charge in [-0.15, -0.1) is 11.3 Å². The number of amides is 1. The number of nitrogens with zero attached hydrogens (tertiary/aromatic N) is 1. The zero-order valence-electron chi connectivity index (χ0n) is 19.6. The molecule has 0 radical (unpaired) electrons. The second-order valence-electron chi connectivity index (χ2n) is 7.91. The van der Waals surface area contributed by atoms with Gasteiger partial charge in [0.15, 0.2) is 0 Å². The van der Waals surface area contributed by atoms with Crippen LogP contribution >= 0.6 is 11.3 Å². The van der Waals surface area contributed by atoms with Crippen LogP contribution < -0.4 is 20.1 Å². The Kier molecular flexibility index (Phi) is 7.64. The second-order valence-corrected chi connectivity index (χ2v) is 8.79. The Morgan fingerprint density at radius 1 is 1.20 bits per heavy atom. The summed E-state index contributed by atoms with van der Waals surface area (Å²) in [6.07, 6.45) is 3.29. The number of pyridine rings is 1. The molecule has 0 aliphatic carbocycles. The summed E-state index contributed by atoms with van der Waals surface area (Å²) in [5.74, 6) is 1.26. The maximum atomic E-state index is 12.4. The van der Waals surface area contributed by atoms with E-state index in [1.165, 1.54) is 11.3 Å². The lowest BCUT2D eigenvalue weighted by Crippen LogP contribution is -2.26. The fraction of sp³-hybridized carbons (Fsp3) is 0.185. The number of carbonyl (C=O) groups is 1. The lowest BCUT2D eigenvalue weighted by Gasteiger charge is -2.14. The first-order valence-electron chi connectivity index (χ1n) is 11.1. The number of hydrogen-bond donors (Lipinski definition) is 3. The van der Waals surface area contributed by atoms with Crippen molar-refractivity contribution >= 4 is 38.7 Å². The quantitative estimate of drug-likeness (QED) is 0.290. The molecule has 2 heterocycles. The van der Waals surface area contributed by atoms with Crippen LogP contribution in [0.3, 0.4) is 0 Å². The van der Waals surface area contributed by atoms with Crippen LogP contribution in [-0.2, 0) is 6.61 Å². The molecule has 0 aliphatic heterocycles. The number of aliphatic hydroxyl groups is 1. The van der Waals surface area contributed by atoms with Crippen LogP contribution in [0, 0.1) is 6.92 Å². The average Bonchev–Trinajstić information content (AvgIpc) is 3.30. The fourth-order valence-electron chi connectivity index (χ4n) is 3.58. The van der Waals surface area contributed by atoms with E-state index in [1.54, 1.807) is 19.5 Å². The molecule has 0 unspecified atom stereocenters. The monoisotopic (exact) mass is 489 g/mol. The molecule has 0 saturated carbocycles. The van der Waals surface area contributed by atoms with Gasteiger partial charge in [0.2, 0.25) is 0 Å². The minimum absolute atomic E-state index is 0.112. The van der Waals surface area contributed by atoms with Crippen molar-refractivity contribution in [2.24, 2.45) is 0 Å². The molecular weight excluding hydrogens is 462 g/mol. The van der Waals surface area contributed by atoms with Crippen molar-refractivity contribution in [3.8, 4) is 11.5 Å². The predicted molar refractivity (Wildman–Crippen MR) is 140 cm³/mol. The Balaban J connectivity index is 1.49. The largest absolute Gasteiger partial charge is 0.497 e. The highest BCUT2D eigenvalue weighted by molar-refractivity contribution is 7.17. The zero-order valence-corrected chi connectivity index (χ0v) is 20.4. The second kappa shape index (κ2) is 11.0. The first kappa shape index (κ1) is 24.3. The molecule has 0 fully saturated rings. The van der Waals surface area contributed by atoms with E-state index in [0.717, 1.165) is 49.7 Å². The first-order chi connectivity index (χ1) is 17.0. The summed E-state index contributed by atoms with van der Waals surface area (Å²) in [5, 5.41) is 17.8. The summed E-state index contributed by atoms with van der Waals surface area (Å²) in [4.78, 5) is 16.6. The van der Waals surface area contributed by atoms with Gasteiger partial charge in [0, 0.05) is 52.9 Å². The topological polar surface area (TPSA) is 92.7 Å². The number of carbonyl (C=O) groups excluding carboxylic acids is 1. The highest BCUT2D eigenvalue weighted by Gasteiger charge is 2.15. The predicted octanol–water partition coefficient (Wildman–Crippen LogP) is 5.00. The number of thiophene rings is 1. The van der Waals surface area contributed by atoms with E-state index in [2.05, 4.69) is 22.2 Å². The van der Waals surface area contributed by atoms with Crippen LogP contribution in [0.4, 0.5) is 5.69 Å². The van der Waals surface area contributed by atoms with Crippen molar-refractivity contribution in [3.05, 3.63) is 89.1 Å². The van der Waals surface area contributed by atoms with E-state index < -0.39 is 0 Å². The number of aryl methyl sites for hydroxylation is 1. The van der Waals surface area contributed by atoms with E-state index >= 15 is 0 Å². The minimum atomic E-state index is -0.252. The van der Waals surface area contributed by atoms with Crippen LogP contribution in [-0.4, -0.2) is 36.3 Å². The molecule has 0 bridgehead atoms. The molecule has 0 atom stereocenters. The Hall–Kier alpha value is -3.88. The lowest BCUT2D eigenvalue weighted by molar-refractivity contribution is 0.0946. The number of aliphatic hydroxyl groups excluding tert-OH is 1. The van der Waals surface area contributed by atoms with Crippen LogP contribution in [0.25, 0.3) is 15.8 Å². The number of aromatic nitrogens is 1. The number of nitrogens with one attached hydrogen (secondary N) is 2. The average molecular weight is 490 g/mol. The summed E-state index contributed by atoms with van der Waals surface area (Å²) in [6, 6.07) is 13.6. The SMILES string of the molecule is C=C(Nc1ccc(C)c(OCc2csc3c(C(=O)NCCO)cncc23)c1)c1cccc(OC)c1. The first-order valence-corrected chi connectivity index (χ1v) is 11.9. The molecule has 7 nitrogen and oxygen atoms in total. The van der Waals surface area contributed by atoms with Gasteiger partial charge in [-0.05, 0) is 36.1 Å². The number of anilines is 1. The van der Waals surface area contributed by atoms with Gasteiger partial charge in [0.25, 0.3) is 5.91 Å². The Morgan fingerprint density at radius 2 is 2.06 bits per heavy atom. The van der Waals surface area contributed by atoms with E-state index in [1.807, 2.05) is 54.8 Å². The maximum Gasteiger partial charge on any atom is 0.254 e. The summed E-state index contributed by atoms with van der Waals surface area (Å²) < 4.78 is 12.3. The Morgan fingerprint density at radius 3 is 2.86 bits per heavy atom. The Labute approximate surface area is 208 Å². The molecule has 3 N–H and O–H groups in total. The highest BCUT2D eigenvalue weighted by Crippen LogP contribution is 2.31. The van der Waals surface area contributed by atoms with Crippen molar-refractivity contribution in [1.82, 2.24) is 10.3 Å². The number of methoxy groups -OCH3 is 1. The summed E-state index contributed by atoms with van der Waals surface area (Å²) >= 11 is 1.48. The molecule has 0 spiro atoms. The third-order valence-electron chi connectivity index (χ3n) is 5.49. The van der Waals surface area contributed by atoms with Crippen molar-refractivity contribution in [2.75, 3.05) is 25.6 Å². The molecule has 1 amide bonds. The number of rotatable bonds is 10. The van der Waals surface area contributed by atoms with Gasteiger partial charge >= 0.3 is 0 Å². The van der Waals surface area contributed by atoms with Crippen LogP contribution in [0.5, 0.6) is 11.5 Å². The van der Waals surface area contributed by atoms with Gasteiger partial charge in [-0.3, -0.25) is 9.78 Å². The normalized spacial score (nSPS) is 10.7. The molecule has 180 valence electrons. The van der Waals surface area contributed by atoms with Gasteiger partial charge in [0.05, 0.1) is 24.0 Å². The zero-order chi connectivity index (χ0) is 24.8. The summed E-state index contributed by atoms with van der Waals surface area (Å²) in [6.45, 7) is 6.57. The minimum Gasteiger partial charge on any atom is -0.497 e. The fourth-order valence-corrected chi connectivity index (χ4v) is 4.62.